The van der Waals surface area contributed by atoms with E-state index < -0.39 is 0 Å². The molecule has 0 bridgehead atoms. The third kappa shape index (κ3) is 4.42. The number of nitrogens with zero attached hydrogens (tertiary/aromatic N) is 3. The lowest BCUT2D eigenvalue weighted by Crippen LogP contribution is -2.44. The van der Waals surface area contributed by atoms with Gasteiger partial charge in [-0.05, 0) is 63.0 Å². The van der Waals surface area contributed by atoms with Crippen LogP contribution in [0.15, 0.2) is 47.1 Å². The van der Waals surface area contributed by atoms with Crippen molar-refractivity contribution < 1.29 is 4.42 Å². The van der Waals surface area contributed by atoms with Gasteiger partial charge < -0.3 is 14.7 Å². The SMILES string of the molecule is NC(CCCCc1nc2ccccc2n1Cc1ccco1)N1CCCCC1. The Bertz CT molecular complexity index is 833. The summed E-state index contributed by atoms with van der Waals surface area (Å²) < 4.78 is 7.85. The molecule has 27 heavy (non-hydrogen) atoms. The van der Waals surface area contributed by atoms with Gasteiger partial charge in [-0.2, -0.15) is 0 Å². The number of nitrogens with two attached hydrogens (primary N) is 1. The average Bonchev–Trinajstić information content (AvgIpc) is 3.34. The summed E-state index contributed by atoms with van der Waals surface area (Å²) in [6, 6.07) is 12.3. The van der Waals surface area contributed by atoms with Crippen LogP contribution in [-0.2, 0) is 13.0 Å². The zero-order valence-electron chi connectivity index (χ0n) is 16.0. The number of para-hydroxylation sites is 2. The van der Waals surface area contributed by atoms with Crippen LogP contribution in [0.5, 0.6) is 0 Å². The second kappa shape index (κ2) is 8.72. The van der Waals surface area contributed by atoms with Crippen molar-refractivity contribution in [1.29, 1.82) is 0 Å². The summed E-state index contributed by atoms with van der Waals surface area (Å²) in [5.41, 5.74) is 8.64. The van der Waals surface area contributed by atoms with Crippen molar-refractivity contribution >= 4 is 11.0 Å². The van der Waals surface area contributed by atoms with E-state index in [1.807, 2.05) is 18.2 Å². The Hall–Kier alpha value is -2.11. The molecule has 1 aromatic carbocycles. The van der Waals surface area contributed by atoms with Crippen LogP contribution in [-0.4, -0.2) is 33.7 Å². The van der Waals surface area contributed by atoms with Crippen molar-refractivity contribution in [2.75, 3.05) is 13.1 Å². The fourth-order valence-corrected chi connectivity index (χ4v) is 4.12. The van der Waals surface area contributed by atoms with Gasteiger partial charge in [-0.15, -0.1) is 0 Å². The molecule has 0 radical (unpaired) electrons. The summed E-state index contributed by atoms with van der Waals surface area (Å²) in [4.78, 5) is 7.33. The Kier molecular flexibility index (Phi) is 5.90. The number of rotatable bonds is 8. The van der Waals surface area contributed by atoms with Crippen LogP contribution in [0.3, 0.4) is 0 Å². The van der Waals surface area contributed by atoms with Gasteiger partial charge in [-0.1, -0.05) is 25.0 Å². The number of piperidine rings is 1. The van der Waals surface area contributed by atoms with Crippen molar-refractivity contribution in [1.82, 2.24) is 14.5 Å². The smallest absolute Gasteiger partial charge is 0.123 e. The van der Waals surface area contributed by atoms with E-state index in [0.29, 0.717) is 0 Å². The van der Waals surface area contributed by atoms with Gasteiger partial charge in [0.1, 0.15) is 11.6 Å². The molecule has 144 valence electrons. The standard InChI is InChI=1S/C22H30N4O/c23-21(25-14-6-1-7-15-25)12-4-5-13-22-24-19-10-2-3-11-20(19)26(22)17-18-9-8-16-27-18/h2-3,8-11,16,21H,1,4-7,12-15,17,23H2. The first-order chi connectivity index (χ1) is 13.3. The molecular formula is C22H30N4O. The van der Waals surface area contributed by atoms with Crippen LogP contribution in [0.4, 0.5) is 0 Å². The second-order valence-electron chi connectivity index (χ2n) is 7.59. The van der Waals surface area contributed by atoms with E-state index in [9.17, 15) is 0 Å². The maximum atomic E-state index is 6.40. The van der Waals surface area contributed by atoms with Crippen molar-refractivity contribution in [3.8, 4) is 0 Å². The molecule has 4 rings (SSSR count). The summed E-state index contributed by atoms with van der Waals surface area (Å²) in [5.74, 6) is 2.10. The number of likely N-dealkylation sites (tertiary alicyclic amines) is 1. The van der Waals surface area contributed by atoms with Gasteiger partial charge >= 0.3 is 0 Å². The quantitative estimate of drug-likeness (QED) is 0.608. The van der Waals surface area contributed by atoms with Crippen LogP contribution in [0.1, 0.15) is 50.1 Å². The largest absolute Gasteiger partial charge is 0.467 e. The van der Waals surface area contributed by atoms with E-state index in [2.05, 4.69) is 27.7 Å². The highest BCUT2D eigenvalue weighted by molar-refractivity contribution is 5.76. The summed E-state index contributed by atoms with van der Waals surface area (Å²) in [7, 11) is 0. The molecule has 3 aromatic rings. The summed E-state index contributed by atoms with van der Waals surface area (Å²) >= 11 is 0. The lowest BCUT2D eigenvalue weighted by Gasteiger charge is -2.32. The first-order valence-corrected chi connectivity index (χ1v) is 10.3. The fourth-order valence-electron chi connectivity index (χ4n) is 4.12. The van der Waals surface area contributed by atoms with Gasteiger partial charge in [-0.3, -0.25) is 4.90 Å². The Morgan fingerprint density at radius 3 is 2.70 bits per heavy atom. The predicted molar refractivity (Wildman–Crippen MR) is 108 cm³/mol. The van der Waals surface area contributed by atoms with Gasteiger partial charge in [0.05, 0.1) is 30.0 Å². The highest BCUT2D eigenvalue weighted by Gasteiger charge is 2.17. The normalized spacial score (nSPS) is 16.8. The molecular weight excluding hydrogens is 336 g/mol. The first kappa shape index (κ1) is 18.3. The maximum Gasteiger partial charge on any atom is 0.123 e. The van der Waals surface area contributed by atoms with Crippen LogP contribution < -0.4 is 5.73 Å². The molecule has 1 saturated heterocycles. The number of aromatic nitrogens is 2. The zero-order valence-corrected chi connectivity index (χ0v) is 16.0. The third-order valence-electron chi connectivity index (χ3n) is 5.64. The highest BCUT2D eigenvalue weighted by atomic mass is 16.3. The predicted octanol–water partition coefficient (Wildman–Crippen LogP) is 4.16. The Labute approximate surface area is 161 Å². The average molecular weight is 367 g/mol. The molecule has 0 amide bonds. The molecule has 1 atom stereocenters. The number of fused-ring (bicyclic) bond motifs is 1. The highest BCUT2D eigenvalue weighted by Crippen LogP contribution is 2.20. The van der Waals surface area contributed by atoms with Crippen LogP contribution in [0.2, 0.25) is 0 Å². The third-order valence-corrected chi connectivity index (χ3v) is 5.64. The van der Waals surface area contributed by atoms with Crippen molar-refractivity contribution in [2.24, 2.45) is 5.73 Å². The van der Waals surface area contributed by atoms with Crippen molar-refractivity contribution in [2.45, 2.75) is 57.7 Å². The summed E-state index contributed by atoms with van der Waals surface area (Å²) in [6.45, 7) is 3.07. The molecule has 5 nitrogen and oxygen atoms in total. The molecule has 0 spiro atoms. The Morgan fingerprint density at radius 2 is 1.89 bits per heavy atom. The minimum absolute atomic E-state index is 0.215. The van der Waals surface area contributed by atoms with E-state index in [4.69, 9.17) is 15.1 Å². The van der Waals surface area contributed by atoms with Crippen molar-refractivity contribution in [3.63, 3.8) is 0 Å². The molecule has 0 aliphatic carbocycles. The number of benzene rings is 1. The maximum absolute atomic E-state index is 6.40. The lowest BCUT2D eigenvalue weighted by atomic mass is 10.1. The molecule has 1 fully saturated rings. The van der Waals surface area contributed by atoms with E-state index in [1.165, 1.54) is 37.9 Å². The number of aryl methyl sites for hydroxylation is 1. The number of unbranched alkanes of at least 4 members (excludes halogenated alkanes) is 1. The summed E-state index contributed by atoms with van der Waals surface area (Å²) in [6.07, 6.45) is 10.2. The first-order valence-electron chi connectivity index (χ1n) is 10.3. The van der Waals surface area contributed by atoms with E-state index in [0.717, 1.165) is 49.3 Å². The molecule has 3 heterocycles. The molecule has 1 unspecified atom stereocenters. The molecule has 1 aliphatic heterocycles. The van der Waals surface area contributed by atoms with Gasteiger partial charge in [0.2, 0.25) is 0 Å². The fraction of sp³-hybridized carbons (Fsp3) is 0.500. The van der Waals surface area contributed by atoms with E-state index in [-0.39, 0.29) is 6.17 Å². The number of hydrogen-bond donors (Lipinski definition) is 1. The second-order valence-corrected chi connectivity index (χ2v) is 7.59. The minimum atomic E-state index is 0.215. The summed E-state index contributed by atoms with van der Waals surface area (Å²) in [5, 5.41) is 0. The molecule has 1 aliphatic rings. The Morgan fingerprint density at radius 1 is 1.04 bits per heavy atom. The Balaban J connectivity index is 1.38. The van der Waals surface area contributed by atoms with Crippen molar-refractivity contribution in [3.05, 3.63) is 54.2 Å². The zero-order chi connectivity index (χ0) is 18.5. The molecule has 2 N–H and O–H groups in total. The van der Waals surface area contributed by atoms with Crippen LogP contribution >= 0.6 is 0 Å². The minimum Gasteiger partial charge on any atom is -0.467 e. The lowest BCUT2D eigenvalue weighted by molar-refractivity contribution is 0.156. The number of imidazole rings is 1. The molecule has 0 saturated carbocycles. The number of hydrogen-bond acceptors (Lipinski definition) is 4. The topological polar surface area (TPSA) is 60.2 Å². The van der Waals surface area contributed by atoms with E-state index >= 15 is 0 Å². The monoisotopic (exact) mass is 366 g/mol. The van der Waals surface area contributed by atoms with Gasteiger partial charge in [0.25, 0.3) is 0 Å². The van der Waals surface area contributed by atoms with Gasteiger partial charge in [0, 0.05) is 6.42 Å². The van der Waals surface area contributed by atoms with E-state index in [1.54, 1.807) is 6.26 Å². The molecule has 5 heteroatoms. The molecule has 2 aromatic heterocycles. The van der Waals surface area contributed by atoms with Gasteiger partial charge in [0.15, 0.2) is 0 Å². The van der Waals surface area contributed by atoms with Gasteiger partial charge in [-0.25, -0.2) is 4.98 Å². The van der Waals surface area contributed by atoms with Crippen LogP contribution in [0.25, 0.3) is 11.0 Å². The number of furan rings is 1. The van der Waals surface area contributed by atoms with Crippen LogP contribution in [0, 0.1) is 0 Å².